The number of nitrogens with zero attached hydrogens (tertiary/aromatic N) is 1. The first-order valence-electron chi connectivity index (χ1n) is 6.67. The van der Waals surface area contributed by atoms with Crippen LogP contribution in [0.2, 0.25) is 0 Å². The van der Waals surface area contributed by atoms with Crippen molar-refractivity contribution < 1.29 is 4.74 Å². The highest BCUT2D eigenvalue weighted by Crippen LogP contribution is 2.25. The second-order valence-corrected chi connectivity index (χ2v) is 5.79. The topological polar surface area (TPSA) is 34.1 Å². The quantitative estimate of drug-likeness (QED) is 0.851. The van der Waals surface area contributed by atoms with E-state index >= 15 is 0 Å². The van der Waals surface area contributed by atoms with Gasteiger partial charge in [0, 0.05) is 24.0 Å². The molecular formula is C15H18N2OS. The fourth-order valence-electron chi connectivity index (χ4n) is 2.31. The number of nitrogens with one attached hydrogen (secondary N) is 1. The lowest BCUT2D eigenvalue weighted by molar-refractivity contribution is 0.357. The highest BCUT2D eigenvalue weighted by Gasteiger charge is 2.11. The normalized spacial score (nSPS) is 13.3. The van der Waals surface area contributed by atoms with Crippen molar-refractivity contribution in [3.8, 4) is 5.75 Å². The minimum Gasteiger partial charge on any atom is -0.493 e. The molecule has 1 aliphatic rings. The molecule has 1 aromatic heterocycles. The molecule has 0 saturated heterocycles. The first kappa shape index (κ1) is 12.6. The molecule has 0 atom stereocenters. The molecule has 19 heavy (non-hydrogen) atoms. The van der Waals surface area contributed by atoms with E-state index in [0.717, 1.165) is 44.0 Å². The molecule has 0 spiro atoms. The van der Waals surface area contributed by atoms with E-state index in [1.165, 1.54) is 16.1 Å². The monoisotopic (exact) mass is 274 g/mol. The lowest BCUT2D eigenvalue weighted by Gasteiger charge is -2.05. The lowest BCUT2D eigenvalue weighted by atomic mass is 10.1. The summed E-state index contributed by atoms with van der Waals surface area (Å²) < 4.78 is 5.52. The predicted molar refractivity (Wildman–Crippen MR) is 77.9 cm³/mol. The van der Waals surface area contributed by atoms with Crippen LogP contribution in [-0.2, 0) is 19.4 Å². The Hall–Kier alpha value is -1.39. The minimum atomic E-state index is 0.834. The molecule has 0 bridgehead atoms. The van der Waals surface area contributed by atoms with Crippen LogP contribution >= 0.6 is 11.3 Å². The van der Waals surface area contributed by atoms with Crippen molar-refractivity contribution in [2.45, 2.75) is 26.3 Å². The van der Waals surface area contributed by atoms with E-state index in [9.17, 15) is 0 Å². The van der Waals surface area contributed by atoms with Crippen molar-refractivity contribution in [1.82, 2.24) is 10.3 Å². The van der Waals surface area contributed by atoms with Crippen LogP contribution in [0.3, 0.4) is 0 Å². The molecule has 0 radical (unpaired) electrons. The molecule has 2 aromatic rings. The van der Waals surface area contributed by atoms with E-state index in [2.05, 4.69) is 33.9 Å². The van der Waals surface area contributed by atoms with Crippen molar-refractivity contribution in [2.75, 3.05) is 13.2 Å². The summed E-state index contributed by atoms with van der Waals surface area (Å²) in [5.74, 6) is 1.06. The average Bonchev–Trinajstić information content (AvgIpc) is 3.03. The molecule has 1 aliphatic heterocycles. The summed E-state index contributed by atoms with van der Waals surface area (Å²) >= 11 is 1.72. The van der Waals surface area contributed by atoms with Crippen LogP contribution in [0.15, 0.2) is 23.6 Å². The Balaban J connectivity index is 1.47. The summed E-state index contributed by atoms with van der Waals surface area (Å²) in [7, 11) is 0. The number of thiazole rings is 1. The number of hydrogen-bond donors (Lipinski definition) is 1. The van der Waals surface area contributed by atoms with Crippen LogP contribution in [0.5, 0.6) is 5.75 Å². The third kappa shape index (κ3) is 3.14. The Kier molecular flexibility index (Phi) is 3.80. The first-order chi connectivity index (χ1) is 9.31. The van der Waals surface area contributed by atoms with E-state index in [-0.39, 0.29) is 0 Å². The maximum Gasteiger partial charge on any atom is 0.122 e. The van der Waals surface area contributed by atoms with Gasteiger partial charge < -0.3 is 10.1 Å². The second kappa shape index (κ2) is 5.72. The number of benzene rings is 1. The summed E-state index contributed by atoms with van der Waals surface area (Å²) in [6.07, 6.45) is 2.10. The van der Waals surface area contributed by atoms with Gasteiger partial charge in [0.25, 0.3) is 0 Å². The Morgan fingerprint density at radius 3 is 3.21 bits per heavy atom. The smallest absolute Gasteiger partial charge is 0.122 e. The van der Waals surface area contributed by atoms with Gasteiger partial charge in [0.1, 0.15) is 10.8 Å². The third-order valence-corrected chi connectivity index (χ3v) is 4.25. The molecule has 3 rings (SSSR count). The summed E-state index contributed by atoms with van der Waals surface area (Å²) in [6.45, 7) is 4.72. The molecule has 1 N–H and O–H groups in total. The third-order valence-electron chi connectivity index (χ3n) is 3.29. The molecule has 0 amide bonds. The van der Waals surface area contributed by atoms with Gasteiger partial charge >= 0.3 is 0 Å². The van der Waals surface area contributed by atoms with Gasteiger partial charge in [-0.3, -0.25) is 0 Å². The number of ether oxygens (including phenoxy) is 1. The summed E-state index contributed by atoms with van der Waals surface area (Å²) in [5, 5.41) is 6.71. The van der Waals surface area contributed by atoms with Gasteiger partial charge in [-0.25, -0.2) is 4.98 Å². The van der Waals surface area contributed by atoms with Crippen LogP contribution in [0.25, 0.3) is 0 Å². The zero-order valence-electron chi connectivity index (χ0n) is 11.1. The van der Waals surface area contributed by atoms with E-state index in [1.807, 2.05) is 6.92 Å². The second-order valence-electron chi connectivity index (χ2n) is 4.85. The molecular weight excluding hydrogens is 256 g/mol. The fourth-order valence-corrected chi connectivity index (χ4v) is 3.05. The van der Waals surface area contributed by atoms with E-state index < -0.39 is 0 Å². The lowest BCUT2D eigenvalue weighted by Crippen LogP contribution is -2.16. The zero-order chi connectivity index (χ0) is 13.1. The standard InChI is InChI=1S/C15H18N2OS/c1-11-10-19-15(17-11)9-16-6-4-12-2-3-14-13(8-12)5-7-18-14/h2-3,8,10,16H,4-7,9H2,1H3. The molecule has 0 unspecified atom stereocenters. The van der Waals surface area contributed by atoms with Gasteiger partial charge in [0.2, 0.25) is 0 Å². The first-order valence-corrected chi connectivity index (χ1v) is 7.55. The van der Waals surface area contributed by atoms with Gasteiger partial charge in [0.05, 0.1) is 6.61 Å². The SMILES string of the molecule is Cc1csc(CNCCc2ccc3c(c2)CCO3)n1. The maximum absolute atomic E-state index is 5.52. The van der Waals surface area contributed by atoms with Crippen molar-refractivity contribution in [1.29, 1.82) is 0 Å². The van der Waals surface area contributed by atoms with Crippen LogP contribution in [0, 0.1) is 6.92 Å². The van der Waals surface area contributed by atoms with E-state index in [4.69, 9.17) is 4.74 Å². The fraction of sp³-hybridized carbons (Fsp3) is 0.400. The number of hydrogen-bond acceptors (Lipinski definition) is 4. The largest absolute Gasteiger partial charge is 0.493 e. The number of aromatic nitrogens is 1. The van der Waals surface area contributed by atoms with Gasteiger partial charge in [-0.2, -0.15) is 0 Å². The van der Waals surface area contributed by atoms with Crippen molar-refractivity contribution in [2.24, 2.45) is 0 Å². The van der Waals surface area contributed by atoms with Gasteiger partial charge in [-0.1, -0.05) is 12.1 Å². The molecule has 0 aliphatic carbocycles. The van der Waals surface area contributed by atoms with Crippen LogP contribution in [0.4, 0.5) is 0 Å². The van der Waals surface area contributed by atoms with Gasteiger partial charge in [-0.05, 0) is 37.1 Å². The predicted octanol–water partition coefficient (Wildman–Crippen LogP) is 2.72. The van der Waals surface area contributed by atoms with E-state index in [0.29, 0.717) is 0 Å². The number of rotatable bonds is 5. The summed E-state index contributed by atoms with van der Waals surface area (Å²) in [4.78, 5) is 4.44. The summed E-state index contributed by atoms with van der Waals surface area (Å²) in [5.41, 5.74) is 3.85. The molecule has 0 fully saturated rings. The molecule has 2 heterocycles. The summed E-state index contributed by atoms with van der Waals surface area (Å²) in [6, 6.07) is 6.54. The Morgan fingerprint density at radius 1 is 1.42 bits per heavy atom. The minimum absolute atomic E-state index is 0.834. The van der Waals surface area contributed by atoms with Crippen molar-refractivity contribution in [3.05, 3.63) is 45.4 Å². The average molecular weight is 274 g/mol. The number of fused-ring (bicyclic) bond motifs is 1. The molecule has 1 aromatic carbocycles. The Morgan fingerprint density at radius 2 is 2.37 bits per heavy atom. The van der Waals surface area contributed by atoms with Crippen molar-refractivity contribution in [3.63, 3.8) is 0 Å². The maximum atomic E-state index is 5.52. The molecule has 100 valence electrons. The number of aryl methyl sites for hydroxylation is 1. The van der Waals surface area contributed by atoms with Crippen LogP contribution in [-0.4, -0.2) is 18.1 Å². The van der Waals surface area contributed by atoms with Gasteiger partial charge in [0.15, 0.2) is 0 Å². The molecule has 0 saturated carbocycles. The van der Waals surface area contributed by atoms with Crippen LogP contribution in [0.1, 0.15) is 21.8 Å². The molecule has 4 heteroatoms. The highest BCUT2D eigenvalue weighted by molar-refractivity contribution is 7.09. The van der Waals surface area contributed by atoms with Crippen molar-refractivity contribution >= 4 is 11.3 Å². The van der Waals surface area contributed by atoms with Gasteiger partial charge in [-0.15, -0.1) is 11.3 Å². The molecule has 3 nitrogen and oxygen atoms in total. The van der Waals surface area contributed by atoms with E-state index in [1.54, 1.807) is 11.3 Å². The zero-order valence-corrected chi connectivity index (χ0v) is 11.9. The Labute approximate surface area is 117 Å². The Bertz CT molecular complexity index is 565. The van der Waals surface area contributed by atoms with Crippen LogP contribution < -0.4 is 10.1 Å². The highest BCUT2D eigenvalue weighted by atomic mass is 32.1.